The van der Waals surface area contributed by atoms with Gasteiger partial charge in [0, 0.05) is 27.5 Å². The van der Waals surface area contributed by atoms with Crippen LogP contribution in [0.2, 0.25) is 0 Å². The van der Waals surface area contributed by atoms with E-state index in [4.69, 9.17) is 4.42 Å². The predicted octanol–water partition coefficient (Wildman–Crippen LogP) is 5.68. The second-order valence-corrected chi connectivity index (χ2v) is 7.79. The molecule has 4 aromatic rings. The number of rotatable bonds is 6. The molecule has 0 saturated heterocycles. The van der Waals surface area contributed by atoms with E-state index in [0.717, 1.165) is 55.9 Å². The fraction of sp³-hybridized carbons (Fsp3) is 0.150. The lowest BCUT2D eigenvalue weighted by Crippen LogP contribution is -2.16. The molecule has 0 bridgehead atoms. The van der Waals surface area contributed by atoms with Gasteiger partial charge in [-0.2, -0.15) is 0 Å². The summed E-state index contributed by atoms with van der Waals surface area (Å²) in [5.74, 6) is 2.77. The summed E-state index contributed by atoms with van der Waals surface area (Å²) in [5, 5.41) is 3.41. The average Bonchev–Trinajstić information content (AvgIpc) is 3.25. The van der Waals surface area contributed by atoms with Gasteiger partial charge in [0.1, 0.15) is 17.3 Å². The van der Waals surface area contributed by atoms with Gasteiger partial charge in [0.25, 0.3) is 0 Å². The highest BCUT2D eigenvalue weighted by Gasteiger charge is 2.09. The first-order valence-electron chi connectivity index (χ1n) is 8.37. The molecule has 0 amide bonds. The number of halogens is 2. The van der Waals surface area contributed by atoms with Crippen LogP contribution in [-0.4, -0.2) is 16.5 Å². The van der Waals surface area contributed by atoms with Gasteiger partial charge in [0.05, 0.1) is 17.6 Å². The summed E-state index contributed by atoms with van der Waals surface area (Å²) in [6.07, 6.45) is 0.848. The molecular formula is C20H17Br2N3O. The number of fused-ring (bicyclic) bond motifs is 1. The first kappa shape index (κ1) is 17.5. The summed E-state index contributed by atoms with van der Waals surface area (Å²) in [6, 6.07) is 18.2. The third kappa shape index (κ3) is 3.92. The summed E-state index contributed by atoms with van der Waals surface area (Å²) < 4.78 is 8.00. The van der Waals surface area contributed by atoms with E-state index >= 15 is 0 Å². The maximum absolute atomic E-state index is 5.96. The van der Waals surface area contributed by atoms with Crippen molar-refractivity contribution in [2.24, 2.45) is 0 Å². The molecule has 0 fully saturated rings. The molecule has 0 spiro atoms. The predicted molar refractivity (Wildman–Crippen MR) is 111 cm³/mol. The zero-order valence-electron chi connectivity index (χ0n) is 13.9. The Bertz CT molecular complexity index is 1010. The number of nitrogens with zero attached hydrogens (tertiary/aromatic N) is 1. The van der Waals surface area contributed by atoms with Crippen molar-refractivity contribution >= 4 is 42.9 Å². The maximum Gasteiger partial charge on any atom is 0.135 e. The van der Waals surface area contributed by atoms with Gasteiger partial charge >= 0.3 is 0 Å². The summed E-state index contributed by atoms with van der Waals surface area (Å²) in [6.45, 7) is 1.52. The van der Waals surface area contributed by atoms with E-state index in [0.29, 0.717) is 6.54 Å². The third-order valence-electron chi connectivity index (χ3n) is 4.13. The van der Waals surface area contributed by atoms with Crippen molar-refractivity contribution in [3.63, 3.8) is 0 Å². The summed E-state index contributed by atoms with van der Waals surface area (Å²) >= 11 is 7.05. The molecular weight excluding hydrogens is 458 g/mol. The number of nitrogens with one attached hydrogen (secondary N) is 2. The molecule has 0 aliphatic carbocycles. The zero-order valence-corrected chi connectivity index (χ0v) is 17.1. The molecule has 132 valence electrons. The Kier molecular flexibility index (Phi) is 5.24. The van der Waals surface area contributed by atoms with E-state index in [1.54, 1.807) is 0 Å². The van der Waals surface area contributed by atoms with Gasteiger partial charge in [-0.1, -0.05) is 28.1 Å². The minimum atomic E-state index is 0.689. The first-order chi connectivity index (χ1) is 12.7. The topological polar surface area (TPSA) is 53.9 Å². The second-order valence-electron chi connectivity index (χ2n) is 6.02. The molecule has 2 heterocycles. The number of hydrogen-bond donors (Lipinski definition) is 2. The molecule has 2 aromatic heterocycles. The lowest BCUT2D eigenvalue weighted by atomic mass is 10.2. The largest absolute Gasteiger partial charge is 0.460 e. The minimum absolute atomic E-state index is 0.689. The second kappa shape index (κ2) is 7.78. The van der Waals surface area contributed by atoms with Crippen molar-refractivity contribution in [2.45, 2.75) is 13.0 Å². The van der Waals surface area contributed by atoms with Crippen LogP contribution in [0.15, 0.2) is 68.0 Å². The fourth-order valence-corrected chi connectivity index (χ4v) is 4.09. The van der Waals surface area contributed by atoms with Crippen molar-refractivity contribution in [2.75, 3.05) is 6.54 Å². The van der Waals surface area contributed by atoms with Crippen LogP contribution >= 0.6 is 31.9 Å². The van der Waals surface area contributed by atoms with E-state index in [-0.39, 0.29) is 0 Å². The van der Waals surface area contributed by atoms with Crippen LogP contribution in [0, 0.1) is 0 Å². The van der Waals surface area contributed by atoms with Crippen LogP contribution in [0.5, 0.6) is 0 Å². The number of furan rings is 1. The van der Waals surface area contributed by atoms with Crippen LogP contribution in [0.1, 0.15) is 11.6 Å². The molecule has 0 saturated carbocycles. The number of hydrogen-bond acceptors (Lipinski definition) is 3. The van der Waals surface area contributed by atoms with Gasteiger partial charge in [0.2, 0.25) is 0 Å². The molecule has 2 N–H and O–H groups in total. The molecule has 4 nitrogen and oxygen atoms in total. The summed E-state index contributed by atoms with van der Waals surface area (Å²) in [5.41, 5.74) is 3.14. The summed E-state index contributed by atoms with van der Waals surface area (Å²) in [4.78, 5) is 7.94. The van der Waals surface area contributed by atoms with E-state index in [9.17, 15) is 0 Å². The van der Waals surface area contributed by atoms with Crippen molar-refractivity contribution in [3.05, 3.63) is 75.1 Å². The molecule has 0 atom stereocenters. The molecule has 0 aliphatic heterocycles. The van der Waals surface area contributed by atoms with Gasteiger partial charge in [0.15, 0.2) is 0 Å². The minimum Gasteiger partial charge on any atom is -0.460 e. The van der Waals surface area contributed by atoms with Crippen molar-refractivity contribution in [3.8, 4) is 11.3 Å². The van der Waals surface area contributed by atoms with Crippen molar-refractivity contribution < 1.29 is 4.42 Å². The van der Waals surface area contributed by atoms with E-state index in [2.05, 4.69) is 47.1 Å². The third-order valence-corrected chi connectivity index (χ3v) is 5.28. The Hall–Kier alpha value is -1.89. The number of aromatic amines is 1. The number of para-hydroxylation sites is 2. The highest BCUT2D eigenvalue weighted by Crippen LogP contribution is 2.31. The van der Waals surface area contributed by atoms with Crippen LogP contribution in [0.25, 0.3) is 22.4 Å². The Morgan fingerprint density at radius 2 is 1.92 bits per heavy atom. The van der Waals surface area contributed by atoms with Gasteiger partial charge in [-0.25, -0.2) is 4.98 Å². The highest BCUT2D eigenvalue weighted by atomic mass is 79.9. The zero-order chi connectivity index (χ0) is 17.9. The molecule has 0 unspecified atom stereocenters. The lowest BCUT2D eigenvalue weighted by molar-refractivity contribution is 0.493. The fourth-order valence-electron chi connectivity index (χ4n) is 2.85. The quantitative estimate of drug-likeness (QED) is 0.353. The highest BCUT2D eigenvalue weighted by molar-refractivity contribution is 9.11. The molecule has 4 rings (SSSR count). The molecule has 0 radical (unpaired) electrons. The van der Waals surface area contributed by atoms with Gasteiger partial charge in [-0.15, -0.1) is 0 Å². The van der Waals surface area contributed by atoms with Crippen LogP contribution < -0.4 is 5.32 Å². The van der Waals surface area contributed by atoms with Crippen molar-refractivity contribution in [1.82, 2.24) is 15.3 Å². The van der Waals surface area contributed by atoms with Gasteiger partial charge in [-0.3, -0.25) is 0 Å². The molecule has 0 aliphatic rings. The maximum atomic E-state index is 5.96. The van der Waals surface area contributed by atoms with E-state index in [1.165, 1.54) is 0 Å². The normalized spacial score (nSPS) is 11.3. The monoisotopic (exact) mass is 473 g/mol. The number of aromatic nitrogens is 2. The lowest BCUT2D eigenvalue weighted by Gasteiger charge is -2.03. The molecule has 2 aromatic carbocycles. The average molecular weight is 475 g/mol. The van der Waals surface area contributed by atoms with Crippen LogP contribution in [0.3, 0.4) is 0 Å². The molecule has 6 heteroatoms. The Labute approximate surface area is 168 Å². The Morgan fingerprint density at radius 3 is 2.77 bits per heavy atom. The standard InChI is InChI=1S/C20H17Br2N3O/c21-13-5-7-15(16(22)11-13)19-8-6-14(26-19)12-23-10-9-20-24-17-3-1-2-4-18(17)25-20/h1-8,11,23H,9-10,12H2,(H,24,25). The summed E-state index contributed by atoms with van der Waals surface area (Å²) in [7, 11) is 0. The van der Waals surface area contributed by atoms with Crippen LogP contribution in [0.4, 0.5) is 0 Å². The molecule has 26 heavy (non-hydrogen) atoms. The Morgan fingerprint density at radius 1 is 1.04 bits per heavy atom. The van der Waals surface area contributed by atoms with Crippen LogP contribution in [-0.2, 0) is 13.0 Å². The number of benzene rings is 2. The Balaban J connectivity index is 1.33. The number of H-pyrrole nitrogens is 1. The van der Waals surface area contributed by atoms with Crippen molar-refractivity contribution in [1.29, 1.82) is 0 Å². The van der Waals surface area contributed by atoms with E-state index < -0.39 is 0 Å². The van der Waals surface area contributed by atoms with Gasteiger partial charge in [-0.05, 0) is 58.4 Å². The smallest absolute Gasteiger partial charge is 0.135 e. The number of imidazole rings is 1. The van der Waals surface area contributed by atoms with Gasteiger partial charge < -0.3 is 14.7 Å². The first-order valence-corrected chi connectivity index (χ1v) is 9.96. The SMILES string of the molecule is Brc1ccc(-c2ccc(CNCCc3nc4ccccc4[nH]3)o2)c(Br)c1. The van der Waals surface area contributed by atoms with E-state index in [1.807, 2.05) is 54.6 Å².